The van der Waals surface area contributed by atoms with E-state index in [1.807, 2.05) is 6.92 Å². The molecule has 4 saturated carbocycles. The molecule has 0 aromatic heterocycles. The summed E-state index contributed by atoms with van der Waals surface area (Å²) >= 11 is 0. The number of allylic oxidation sites excluding steroid dienone is 1. The van der Waals surface area contributed by atoms with Crippen molar-refractivity contribution in [2.75, 3.05) is 13.4 Å². The second-order valence-electron chi connectivity index (χ2n) is 7.32. The zero-order valence-corrected chi connectivity index (χ0v) is 13.0. The fraction of sp³-hybridized carbons (Fsp3) is 0.722. The van der Waals surface area contributed by atoms with Crippen molar-refractivity contribution in [2.24, 2.45) is 23.2 Å². The first-order valence-corrected chi connectivity index (χ1v) is 8.15. The van der Waals surface area contributed by atoms with Crippen LogP contribution in [0.2, 0.25) is 0 Å². The zero-order valence-electron chi connectivity index (χ0n) is 13.0. The summed E-state index contributed by atoms with van der Waals surface area (Å²) in [7, 11) is 0. The van der Waals surface area contributed by atoms with Crippen molar-refractivity contribution in [3.8, 4) is 0 Å². The van der Waals surface area contributed by atoms with Gasteiger partial charge >= 0.3 is 5.97 Å². The quantitative estimate of drug-likeness (QED) is 0.245. The molecule has 0 aromatic rings. The van der Waals surface area contributed by atoms with Crippen LogP contribution in [0, 0.1) is 23.2 Å². The van der Waals surface area contributed by atoms with Crippen LogP contribution in [0.3, 0.4) is 0 Å². The van der Waals surface area contributed by atoms with Crippen molar-refractivity contribution in [1.29, 1.82) is 0 Å². The molecule has 4 bridgehead atoms. The Morgan fingerprint density at radius 2 is 1.76 bits per heavy atom. The van der Waals surface area contributed by atoms with E-state index in [1.54, 1.807) is 6.08 Å². The third-order valence-electron chi connectivity index (χ3n) is 5.44. The molecular formula is C18H26O3. The average molecular weight is 290 g/mol. The maximum Gasteiger partial charge on any atom is 0.335 e. The molecule has 116 valence electrons. The van der Waals surface area contributed by atoms with Crippen LogP contribution in [0.15, 0.2) is 24.3 Å². The predicted molar refractivity (Wildman–Crippen MR) is 81.5 cm³/mol. The van der Waals surface area contributed by atoms with Crippen LogP contribution in [-0.2, 0) is 14.3 Å². The van der Waals surface area contributed by atoms with Gasteiger partial charge in [0.1, 0.15) is 0 Å². The first-order chi connectivity index (χ1) is 10.1. The molecule has 21 heavy (non-hydrogen) atoms. The van der Waals surface area contributed by atoms with E-state index in [0.717, 1.165) is 23.3 Å². The van der Waals surface area contributed by atoms with Crippen molar-refractivity contribution >= 4 is 5.97 Å². The minimum atomic E-state index is -0.241. The molecule has 0 unspecified atom stereocenters. The second kappa shape index (κ2) is 5.96. The van der Waals surface area contributed by atoms with Crippen molar-refractivity contribution in [2.45, 2.75) is 45.4 Å². The summed E-state index contributed by atoms with van der Waals surface area (Å²) in [5.74, 6) is 2.45. The third kappa shape index (κ3) is 3.23. The fourth-order valence-corrected chi connectivity index (χ4v) is 5.21. The van der Waals surface area contributed by atoms with E-state index in [1.165, 1.54) is 38.5 Å². The van der Waals surface area contributed by atoms with Gasteiger partial charge < -0.3 is 9.47 Å². The van der Waals surface area contributed by atoms with Crippen molar-refractivity contribution in [3.05, 3.63) is 24.3 Å². The van der Waals surface area contributed by atoms with Crippen molar-refractivity contribution < 1.29 is 14.3 Å². The minimum absolute atomic E-state index is 0.0108. The number of hydrogen-bond acceptors (Lipinski definition) is 3. The Bertz CT molecular complexity index is 414. The lowest BCUT2D eigenvalue weighted by Gasteiger charge is -2.56. The van der Waals surface area contributed by atoms with Gasteiger partial charge in [0, 0.05) is 5.57 Å². The molecule has 0 spiro atoms. The molecule has 3 nitrogen and oxygen atoms in total. The number of esters is 1. The number of hydrogen-bond donors (Lipinski definition) is 0. The monoisotopic (exact) mass is 290 g/mol. The van der Waals surface area contributed by atoms with Crippen LogP contribution in [0.5, 0.6) is 0 Å². The van der Waals surface area contributed by atoms with Crippen LogP contribution in [0.4, 0.5) is 0 Å². The van der Waals surface area contributed by atoms with Gasteiger partial charge in [0.15, 0.2) is 6.79 Å². The highest BCUT2D eigenvalue weighted by Crippen LogP contribution is 2.60. The van der Waals surface area contributed by atoms with Gasteiger partial charge in [0.25, 0.3) is 0 Å². The highest BCUT2D eigenvalue weighted by molar-refractivity contribution is 5.87. The summed E-state index contributed by atoms with van der Waals surface area (Å²) in [6.07, 6.45) is 12.0. The summed E-state index contributed by atoms with van der Waals surface area (Å²) in [6.45, 7) is 5.86. The molecule has 0 N–H and O–H groups in total. The van der Waals surface area contributed by atoms with Gasteiger partial charge in [0.05, 0.1) is 6.61 Å². The highest BCUT2D eigenvalue weighted by atomic mass is 16.7. The molecule has 0 saturated heterocycles. The molecule has 4 rings (SSSR count). The van der Waals surface area contributed by atoms with Gasteiger partial charge in [-0.25, -0.2) is 4.79 Å². The normalized spacial score (nSPS) is 37.6. The predicted octanol–water partition coefficient (Wildman–Crippen LogP) is 3.85. The number of rotatable bonds is 6. The Kier molecular flexibility index (Phi) is 4.21. The molecule has 4 fully saturated rings. The number of ether oxygens (including phenoxy) is 2. The van der Waals surface area contributed by atoms with Crippen LogP contribution in [0.1, 0.15) is 45.4 Å². The van der Waals surface area contributed by atoms with Gasteiger partial charge in [-0.05, 0) is 68.6 Å². The summed E-state index contributed by atoms with van der Waals surface area (Å²) < 4.78 is 10.3. The van der Waals surface area contributed by atoms with Gasteiger partial charge in [0.2, 0.25) is 0 Å². The van der Waals surface area contributed by atoms with E-state index < -0.39 is 0 Å². The first kappa shape index (κ1) is 14.8. The van der Waals surface area contributed by atoms with Crippen LogP contribution >= 0.6 is 0 Å². The molecule has 4 aliphatic carbocycles. The van der Waals surface area contributed by atoms with Crippen LogP contribution in [0.25, 0.3) is 0 Å². The largest absolute Gasteiger partial charge is 0.435 e. The summed E-state index contributed by atoms with van der Waals surface area (Å²) in [5.41, 5.74) is 1.03. The van der Waals surface area contributed by atoms with E-state index >= 15 is 0 Å². The molecule has 0 amide bonds. The van der Waals surface area contributed by atoms with E-state index in [-0.39, 0.29) is 18.2 Å². The summed E-state index contributed by atoms with van der Waals surface area (Å²) in [5, 5.41) is 0. The van der Waals surface area contributed by atoms with Gasteiger partial charge in [-0.2, -0.15) is 0 Å². The topological polar surface area (TPSA) is 35.5 Å². The third-order valence-corrected chi connectivity index (χ3v) is 5.44. The molecule has 4 aliphatic rings. The van der Waals surface area contributed by atoms with Crippen LogP contribution in [-0.4, -0.2) is 19.4 Å². The highest BCUT2D eigenvalue weighted by Gasteiger charge is 2.49. The Labute approximate surface area is 127 Å². The lowest BCUT2D eigenvalue weighted by molar-refractivity contribution is -0.150. The lowest BCUT2D eigenvalue weighted by atomic mass is 9.49. The van der Waals surface area contributed by atoms with E-state index in [2.05, 4.69) is 12.7 Å². The van der Waals surface area contributed by atoms with Crippen molar-refractivity contribution in [3.63, 3.8) is 0 Å². The van der Waals surface area contributed by atoms with E-state index in [0.29, 0.717) is 6.61 Å². The molecule has 0 atom stereocenters. The number of carbonyl (C=O) groups excluding carboxylic acids is 1. The maximum atomic E-state index is 12.0. The van der Waals surface area contributed by atoms with Crippen LogP contribution < -0.4 is 0 Å². The van der Waals surface area contributed by atoms with E-state index in [9.17, 15) is 4.79 Å². The smallest absolute Gasteiger partial charge is 0.335 e. The van der Waals surface area contributed by atoms with E-state index in [4.69, 9.17) is 9.47 Å². The van der Waals surface area contributed by atoms with Gasteiger partial charge in [-0.15, -0.1) is 6.58 Å². The summed E-state index contributed by atoms with van der Waals surface area (Å²) in [6, 6.07) is 0. The standard InChI is InChI=1S/C18H26O3/c1-3-4-20-12-21-17(19)13(2)8-18-9-14-5-15(10-18)7-16(6-14)11-18/h3,8,14-16H,1,4-7,9-12H2,2H3. The molecule has 0 aromatic carbocycles. The molecule has 3 heteroatoms. The molecule has 0 radical (unpaired) electrons. The Balaban J connectivity index is 1.61. The number of carbonyl (C=O) groups is 1. The molecule has 0 heterocycles. The second-order valence-corrected chi connectivity index (χ2v) is 7.32. The Morgan fingerprint density at radius 1 is 1.19 bits per heavy atom. The fourth-order valence-electron chi connectivity index (χ4n) is 5.21. The SMILES string of the molecule is C=CCOCOC(=O)C(C)=CC12CC3CC(CC(C3)C1)C2. The first-order valence-electron chi connectivity index (χ1n) is 8.15. The Morgan fingerprint density at radius 3 is 2.29 bits per heavy atom. The lowest BCUT2D eigenvalue weighted by Crippen LogP contribution is -2.45. The van der Waals surface area contributed by atoms with Gasteiger partial charge in [-0.1, -0.05) is 12.2 Å². The Hall–Kier alpha value is -1.09. The van der Waals surface area contributed by atoms with Gasteiger partial charge in [-0.3, -0.25) is 0 Å². The molecule has 0 aliphatic heterocycles. The minimum Gasteiger partial charge on any atom is -0.435 e. The maximum absolute atomic E-state index is 12.0. The van der Waals surface area contributed by atoms with Crippen molar-refractivity contribution in [1.82, 2.24) is 0 Å². The summed E-state index contributed by atoms with van der Waals surface area (Å²) in [4.78, 5) is 12.0. The zero-order chi connectivity index (χ0) is 14.9. The molecular weight excluding hydrogens is 264 g/mol. The average Bonchev–Trinajstić information content (AvgIpc) is 2.41.